The molecule has 3 rings (SSSR count). The van der Waals surface area contributed by atoms with E-state index >= 15 is 0 Å². The molecule has 1 saturated carbocycles. The molecule has 2 aromatic carbocycles. The summed E-state index contributed by atoms with van der Waals surface area (Å²) >= 11 is 0. The van der Waals surface area contributed by atoms with E-state index in [-0.39, 0.29) is 28.3 Å². The van der Waals surface area contributed by atoms with E-state index in [0.29, 0.717) is 6.61 Å². The number of sulfonamides is 2. The fourth-order valence-corrected chi connectivity index (χ4v) is 6.91. The minimum atomic E-state index is -3.84. The van der Waals surface area contributed by atoms with Gasteiger partial charge < -0.3 is 4.74 Å². The van der Waals surface area contributed by atoms with E-state index in [1.165, 1.54) is 38.4 Å². The minimum Gasteiger partial charge on any atom is -0.494 e. The topological polar surface area (TPSA) is 84.0 Å². The quantitative estimate of drug-likeness (QED) is 0.524. The summed E-state index contributed by atoms with van der Waals surface area (Å²) < 4.78 is 60.6. The van der Waals surface area contributed by atoms with Crippen LogP contribution in [0.3, 0.4) is 0 Å². The summed E-state index contributed by atoms with van der Waals surface area (Å²) in [7, 11) is -4.58. The lowest BCUT2D eigenvalue weighted by molar-refractivity contribution is 0.185. The largest absolute Gasteiger partial charge is 0.494 e. The maximum atomic E-state index is 13.8. The molecule has 2 aromatic rings. The molecule has 182 valence electrons. The molecular formula is C24H34N2O5S2. The van der Waals surface area contributed by atoms with Gasteiger partial charge in [-0.05, 0) is 67.6 Å². The van der Waals surface area contributed by atoms with Gasteiger partial charge in [-0.2, -0.15) is 4.31 Å². The predicted octanol–water partition coefficient (Wildman–Crippen LogP) is 4.11. The Morgan fingerprint density at radius 1 is 0.848 bits per heavy atom. The van der Waals surface area contributed by atoms with Gasteiger partial charge in [-0.3, -0.25) is 0 Å². The van der Waals surface area contributed by atoms with Crippen molar-refractivity contribution in [2.24, 2.45) is 5.92 Å². The van der Waals surface area contributed by atoms with E-state index in [4.69, 9.17) is 4.74 Å². The first kappa shape index (κ1) is 25.7. The molecule has 1 fully saturated rings. The first-order valence-corrected chi connectivity index (χ1v) is 14.2. The minimum absolute atomic E-state index is 0.0653. The van der Waals surface area contributed by atoms with E-state index in [1.54, 1.807) is 4.31 Å². The molecule has 9 heteroatoms. The Balaban J connectivity index is 1.96. The van der Waals surface area contributed by atoms with Crippen molar-refractivity contribution in [3.05, 3.63) is 54.1 Å². The number of hydrogen-bond donors (Lipinski definition) is 0. The molecule has 0 amide bonds. The number of nitrogens with zero attached hydrogens (tertiary/aromatic N) is 2. The van der Waals surface area contributed by atoms with Crippen molar-refractivity contribution in [1.82, 2.24) is 8.61 Å². The van der Waals surface area contributed by atoms with Crippen LogP contribution in [0.4, 0.5) is 0 Å². The van der Waals surface area contributed by atoms with Crippen LogP contribution in [0.2, 0.25) is 0 Å². The Morgan fingerprint density at radius 2 is 1.39 bits per heavy atom. The van der Waals surface area contributed by atoms with Gasteiger partial charge in [0.15, 0.2) is 0 Å². The lowest BCUT2D eigenvalue weighted by atomic mass is 9.86. The van der Waals surface area contributed by atoms with Gasteiger partial charge in [-0.15, -0.1) is 0 Å². The summed E-state index contributed by atoms with van der Waals surface area (Å²) in [6, 6.07) is 12.9. The van der Waals surface area contributed by atoms with Crippen molar-refractivity contribution in [3.8, 4) is 5.75 Å². The van der Waals surface area contributed by atoms with E-state index in [2.05, 4.69) is 6.92 Å². The maximum absolute atomic E-state index is 13.8. The molecule has 2 unspecified atom stereocenters. The molecule has 0 aromatic heterocycles. The second-order valence-corrected chi connectivity index (χ2v) is 12.8. The average molecular weight is 495 g/mol. The van der Waals surface area contributed by atoms with Crippen molar-refractivity contribution in [3.63, 3.8) is 0 Å². The summed E-state index contributed by atoms with van der Waals surface area (Å²) in [6.07, 6.45) is 3.89. The van der Waals surface area contributed by atoms with Crippen LogP contribution in [0.15, 0.2) is 58.3 Å². The third-order valence-corrected chi connectivity index (χ3v) is 9.93. The van der Waals surface area contributed by atoms with Gasteiger partial charge in [-0.25, -0.2) is 21.1 Å². The van der Waals surface area contributed by atoms with Crippen LogP contribution >= 0.6 is 0 Å². The number of benzene rings is 2. The Hall–Kier alpha value is -1.94. The summed E-state index contributed by atoms with van der Waals surface area (Å²) in [5, 5.41) is 0. The SMILES string of the molecule is CCOc1ccc(CN(C2CCCCC2C)S(=O)(=O)c2ccc(S(=O)(=O)N(C)C)cc2)cc1. The van der Waals surface area contributed by atoms with Gasteiger partial charge in [-0.1, -0.05) is 31.9 Å². The van der Waals surface area contributed by atoms with Gasteiger partial charge in [0.2, 0.25) is 20.0 Å². The fourth-order valence-electron chi connectivity index (χ4n) is 4.27. The zero-order valence-corrected chi connectivity index (χ0v) is 21.4. The number of hydrogen-bond acceptors (Lipinski definition) is 5. The van der Waals surface area contributed by atoms with Gasteiger partial charge in [0.05, 0.1) is 16.4 Å². The fraction of sp³-hybridized carbons (Fsp3) is 0.500. The molecule has 1 aliphatic carbocycles. The first-order chi connectivity index (χ1) is 15.6. The first-order valence-electron chi connectivity index (χ1n) is 11.3. The van der Waals surface area contributed by atoms with Crippen LogP contribution in [0.1, 0.15) is 45.1 Å². The lowest BCUT2D eigenvalue weighted by Crippen LogP contribution is -2.44. The highest BCUT2D eigenvalue weighted by molar-refractivity contribution is 7.89. The van der Waals surface area contributed by atoms with E-state index in [0.717, 1.165) is 41.3 Å². The molecule has 0 N–H and O–H groups in total. The Kier molecular flexibility index (Phi) is 8.21. The Labute approximate surface area is 198 Å². The van der Waals surface area contributed by atoms with Crippen LogP contribution in [0.5, 0.6) is 5.75 Å². The second kappa shape index (κ2) is 10.5. The van der Waals surface area contributed by atoms with Crippen LogP contribution in [0, 0.1) is 5.92 Å². The molecule has 0 bridgehead atoms. The van der Waals surface area contributed by atoms with Crippen molar-refractivity contribution >= 4 is 20.0 Å². The average Bonchev–Trinajstić information content (AvgIpc) is 2.79. The number of rotatable bonds is 9. The molecule has 0 heterocycles. The summed E-state index contributed by atoms with van der Waals surface area (Å²) in [5.41, 5.74) is 0.881. The molecule has 7 nitrogen and oxygen atoms in total. The summed E-state index contributed by atoms with van der Waals surface area (Å²) in [4.78, 5) is 0.166. The third-order valence-electron chi connectivity index (χ3n) is 6.22. The van der Waals surface area contributed by atoms with Gasteiger partial charge >= 0.3 is 0 Å². The molecule has 2 atom stereocenters. The summed E-state index contributed by atoms with van der Waals surface area (Å²) in [5.74, 6) is 0.990. The van der Waals surface area contributed by atoms with Crippen LogP contribution in [-0.2, 0) is 26.6 Å². The monoisotopic (exact) mass is 494 g/mol. The van der Waals surface area contributed by atoms with Crippen LogP contribution in [0.25, 0.3) is 0 Å². The molecule has 0 aliphatic heterocycles. The van der Waals surface area contributed by atoms with Gasteiger partial charge in [0.25, 0.3) is 0 Å². The molecule has 0 saturated heterocycles. The second-order valence-electron chi connectivity index (χ2n) is 8.72. The van der Waals surface area contributed by atoms with E-state index in [9.17, 15) is 16.8 Å². The highest BCUT2D eigenvalue weighted by Crippen LogP contribution is 2.33. The van der Waals surface area contributed by atoms with Crippen molar-refractivity contribution in [1.29, 1.82) is 0 Å². The van der Waals surface area contributed by atoms with Crippen molar-refractivity contribution in [2.45, 2.75) is 61.9 Å². The smallest absolute Gasteiger partial charge is 0.243 e. The van der Waals surface area contributed by atoms with Gasteiger partial charge in [0, 0.05) is 26.7 Å². The molecular weight excluding hydrogens is 460 g/mol. The molecule has 33 heavy (non-hydrogen) atoms. The molecule has 0 spiro atoms. The highest BCUT2D eigenvalue weighted by Gasteiger charge is 2.36. The normalized spacial score (nSPS) is 19.7. The Bertz CT molecular complexity index is 1130. The van der Waals surface area contributed by atoms with Crippen LogP contribution < -0.4 is 4.74 Å². The van der Waals surface area contributed by atoms with Gasteiger partial charge in [0.1, 0.15) is 5.75 Å². The Morgan fingerprint density at radius 3 is 1.91 bits per heavy atom. The van der Waals surface area contributed by atoms with E-state index in [1.807, 2.05) is 31.2 Å². The summed E-state index contributed by atoms with van der Waals surface area (Å²) in [6.45, 7) is 4.85. The number of ether oxygens (including phenoxy) is 1. The van der Waals surface area contributed by atoms with Crippen LogP contribution in [-0.4, -0.2) is 52.2 Å². The van der Waals surface area contributed by atoms with Crippen molar-refractivity contribution < 1.29 is 21.6 Å². The molecule has 0 radical (unpaired) electrons. The molecule has 1 aliphatic rings. The van der Waals surface area contributed by atoms with E-state index < -0.39 is 20.0 Å². The highest BCUT2D eigenvalue weighted by atomic mass is 32.2. The standard InChI is InChI=1S/C24H34N2O5S2/c1-5-31-21-12-10-20(11-13-21)18-26(24-9-7-6-8-19(24)2)33(29,30)23-16-14-22(15-17-23)32(27,28)25(3)4/h10-17,19,24H,5-9,18H2,1-4H3. The zero-order chi connectivity index (χ0) is 24.2. The third kappa shape index (κ3) is 5.77. The maximum Gasteiger partial charge on any atom is 0.243 e. The zero-order valence-electron chi connectivity index (χ0n) is 19.8. The predicted molar refractivity (Wildman–Crippen MR) is 129 cm³/mol. The lowest BCUT2D eigenvalue weighted by Gasteiger charge is -2.37. The van der Waals surface area contributed by atoms with Crippen molar-refractivity contribution in [2.75, 3.05) is 20.7 Å².